The van der Waals surface area contributed by atoms with Crippen molar-refractivity contribution in [3.8, 4) is 0 Å². The Kier molecular flexibility index (Phi) is 7.11. The minimum Gasteiger partial charge on any atom is -0.378 e. The second-order valence-electron chi connectivity index (χ2n) is 2.00. The summed E-state index contributed by atoms with van der Waals surface area (Å²) in [5.41, 5.74) is 0. The summed E-state index contributed by atoms with van der Waals surface area (Å²) in [5, 5.41) is 2.60. The molecule has 0 aliphatic heterocycles. The van der Waals surface area contributed by atoms with Crippen molar-refractivity contribution in [2.45, 2.75) is 26.2 Å². The lowest BCUT2D eigenvalue weighted by atomic mass is 10.2. The van der Waals surface area contributed by atoms with Crippen LogP contribution < -0.4 is 5.32 Å². The summed E-state index contributed by atoms with van der Waals surface area (Å²) in [5.74, 6) is 0. The number of carbonyl (C=O) groups excluding carboxylic acids is 1. The van der Waals surface area contributed by atoms with Gasteiger partial charge in [-0.2, -0.15) is 0 Å². The predicted molar refractivity (Wildman–Crippen MR) is 48.0 cm³/mol. The summed E-state index contributed by atoms with van der Waals surface area (Å²) in [7, 11) is 0. The molecule has 0 aliphatic rings. The van der Waals surface area contributed by atoms with Gasteiger partial charge in [-0.1, -0.05) is 19.8 Å². The number of hydrogen-bond donors (Lipinski definition) is 1. The number of rotatable bonds is 4. The Labute approximate surface area is 75.2 Å². The number of amides is 1. The highest BCUT2D eigenvalue weighted by molar-refractivity contribution is 14.1. The zero-order valence-electron chi connectivity index (χ0n) is 6.02. The molecule has 1 N–H and O–H groups in total. The van der Waals surface area contributed by atoms with Crippen LogP contribution in [0.15, 0.2) is 0 Å². The summed E-state index contributed by atoms with van der Waals surface area (Å²) < 4.78 is 4.35. The molecule has 0 aromatic carbocycles. The molecule has 0 aromatic heterocycles. The van der Waals surface area contributed by atoms with Gasteiger partial charge >= 0.3 is 6.09 Å². The maximum atomic E-state index is 10.4. The fraction of sp³-hybridized carbons (Fsp3) is 0.833. The minimum atomic E-state index is -0.350. The van der Waals surface area contributed by atoms with Crippen LogP contribution in [0.4, 0.5) is 4.79 Å². The topological polar surface area (TPSA) is 38.3 Å². The maximum absolute atomic E-state index is 10.4. The quantitative estimate of drug-likeness (QED) is 0.619. The van der Waals surface area contributed by atoms with E-state index in [-0.39, 0.29) is 6.09 Å². The van der Waals surface area contributed by atoms with Crippen LogP contribution in [-0.4, -0.2) is 12.6 Å². The summed E-state index contributed by atoms with van der Waals surface area (Å²) in [6.07, 6.45) is 3.00. The molecule has 0 radical (unpaired) electrons. The van der Waals surface area contributed by atoms with E-state index in [1.807, 2.05) is 0 Å². The smallest absolute Gasteiger partial charge is 0.378 e. The van der Waals surface area contributed by atoms with E-state index >= 15 is 0 Å². The van der Waals surface area contributed by atoms with E-state index in [1.54, 1.807) is 23.0 Å². The Morgan fingerprint density at radius 3 is 2.80 bits per heavy atom. The molecule has 0 bridgehead atoms. The Morgan fingerprint density at radius 1 is 1.60 bits per heavy atom. The molecule has 0 spiro atoms. The molecule has 0 aliphatic carbocycles. The summed E-state index contributed by atoms with van der Waals surface area (Å²) in [6.45, 7) is 2.84. The fourth-order valence-corrected chi connectivity index (χ4v) is 0.748. The molecule has 0 unspecified atom stereocenters. The average Bonchev–Trinajstić information content (AvgIpc) is 1.98. The molecule has 10 heavy (non-hydrogen) atoms. The van der Waals surface area contributed by atoms with Gasteiger partial charge in [-0.25, -0.2) is 4.79 Å². The van der Waals surface area contributed by atoms with Gasteiger partial charge in [0.05, 0.1) is 0 Å². The number of halogens is 1. The van der Waals surface area contributed by atoms with E-state index in [4.69, 9.17) is 0 Å². The highest BCUT2D eigenvalue weighted by atomic mass is 127. The van der Waals surface area contributed by atoms with Crippen LogP contribution in [-0.2, 0) is 3.07 Å². The average molecular weight is 257 g/mol. The van der Waals surface area contributed by atoms with Crippen molar-refractivity contribution in [2.24, 2.45) is 0 Å². The van der Waals surface area contributed by atoms with Gasteiger partial charge in [0.15, 0.2) is 23.0 Å². The first kappa shape index (κ1) is 10.0. The Morgan fingerprint density at radius 2 is 2.30 bits per heavy atom. The molecule has 4 heteroatoms. The van der Waals surface area contributed by atoms with E-state index in [2.05, 4.69) is 15.3 Å². The first-order chi connectivity index (χ1) is 4.81. The van der Waals surface area contributed by atoms with Crippen molar-refractivity contribution >= 4 is 29.1 Å². The third-order valence-corrected chi connectivity index (χ3v) is 1.52. The molecular weight excluding hydrogens is 245 g/mol. The highest BCUT2D eigenvalue weighted by Gasteiger charge is 1.95. The SMILES string of the molecule is CCCCCNC(=O)OI. The Hall–Kier alpha value is 0. The molecule has 0 heterocycles. The van der Waals surface area contributed by atoms with E-state index in [0.29, 0.717) is 0 Å². The molecule has 0 saturated carbocycles. The lowest BCUT2D eigenvalue weighted by molar-refractivity contribution is 0.214. The Balaban J connectivity index is 2.96. The second-order valence-corrected chi connectivity index (χ2v) is 2.44. The minimum absolute atomic E-state index is 0.350. The second kappa shape index (κ2) is 7.11. The van der Waals surface area contributed by atoms with Gasteiger partial charge in [0.2, 0.25) is 0 Å². The van der Waals surface area contributed by atoms with Crippen LogP contribution in [0.3, 0.4) is 0 Å². The molecule has 60 valence electrons. The highest BCUT2D eigenvalue weighted by Crippen LogP contribution is 1.92. The van der Waals surface area contributed by atoms with Crippen LogP contribution >= 0.6 is 23.0 Å². The number of hydrogen-bond acceptors (Lipinski definition) is 2. The van der Waals surface area contributed by atoms with Crippen LogP contribution in [0.2, 0.25) is 0 Å². The van der Waals surface area contributed by atoms with Gasteiger partial charge in [-0.05, 0) is 6.42 Å². The van der Waals surface area contributed by atoms with Crippen LogP contribution in [0.5, 0.6) is 0 Å². The van der Waals surface area contributed by atoms with Gasteiger partial charge in [0.1, 0.15) is 0 Å². The van der Waals surface area contributed by atoms with Crippen LogP contribution in [0.25, 0.3) is 0 Å². The van der Waals surface area contributed by atoms with Gasteiger partial charge in [0, 0.05) is 6.54 Å². The van der Waals surface area contributed by atoms with Gasteiger partial charge < -0.3 is 8.38 Å². The molecule has 0 atom stereocenters. The third kappa shape index (κ3) is 6.12. The molecule has 3 nitrogen and oxygen atoms in total. The lowest BCUT2D eigenvalue weighted by Gasteiger charge is -1.99. The van der Waals surface area contributed by atoms with Crippen molar-refractivity contribution in [3.63, 3.8) is 0 Å². The van der Waals surface area contributed by atoms with E-state index < -0.39 is 0 Å². The van der Waals surface area contributed by atoms with E-state index in [0.717, 1.165) is 19.4 Å². The molecule has 0 aromatic rings. The normalized spacial score (nSPS) is 9.00. The van der Waals surface area contributed by atoms with Gasteiger partial charge in [0.25, 0.3) is 0 Å². The van der Waals surface area contributed by atoms with Crippen molar-refractivity contribution < 1.29 is 7.86 Å². The lowest BCUT2D eigenvalue weighted by Crippen LogP contribution is -2.22. The van der Waals surface area contributed by atoms with Crippen molar-refractivity contribution in [2.75, 3.05) is 6.54 Å². The van der Waals surface area contributed by atoms with Gasteiger partial charge in [-0.3, -0.25) is 0 Å². The zero-order chi connectivity index (χ0) is 7.82. The Bertz CT molecular complexity index is 97.7. The standard InChI is InChI=1S/C6H12INO2/c1-2-3-4-5-8-6(9)10-7/h2-5H2,1H3,(H,8,9). The molecule has 0 saturated heterocycles. The number of unbranched alkanes of at least 4 members (excludes halogenated alkanes) is 2. The summed E-state index contributed by atoms with van der Waals surface area (Å²) in [6, 6.07) is 0. The van der Waals surface area contributed by atoms with E-state index in [1.165, 1.54) is 6.42 Å². The molecule has 0 rings (SSSR count). The summed E-state index contributed by atoms with van der Waals surface area (Å²) in [4.78, 5) is 10.4. The zero-order valence-corrected chi connectivity index (χ0v) is 8.18. The number of carbonyl (C=O) groups is 1. The summed E-state index contributed by atoms with van der Waals surface area (Å²) >= 11 is 1.56. The molecule has 1 amide bonds. The largest absolute Gasteiger partial charge is 0.416 e. The van der Waals surface area contributed by atoms with Crippen molar-refractivity contribution in [3.05, 3.63) is 0 Å². The van der Waals surface area contributed by atoms with Crippen molar-refractivity contribution in [1.29, 1.82) is 0 Å². The van der Waals surface area contributed by atoms with E-state index in [9.17, 15) is 4.79 Å². The first-order valence-electron chi connectivity index (χ1n) is 3.37. The third-order valence-electron chi connectivity index (χ3n) is 1.12. The van der Waals surface area contributed by atoms with Crippen LogP contribution in [0, 0.1) is 0 Å². The number of nitrogens with one attached hydrogen (secondary N) is 1. The molecule has 0 fully saturated rings. The maximum Gasteiger partial charge on any atom is 0.416 e. The predicted octanol–water partition coefficient (Wildman–Crippen LogP) is 2.25. The molecular formula is C6H12INO2. The van der Waals surface area contributed by atoms with Crippen LogP contribution in [0.1, 0.15) is 26.2 Å². The first-order valence-corrected chi connectivity index (χ1v) is 4.25. The van der Waals surface area contributed by atoms with Gasteiger partial charge in [-0.15, -0.1) is 0 Å². The fourth-order valence-electron chi connectivity index (χ4n) is 0.593. The van der Waals surface area contributed by atoms with Crippen molar-refractivity contribution in [1.82, 2.24) is 5.32 Å². The monoisotopic (exact) mass is 257 g/mol.